The van der Waals surface area contributed by atoms with Crippen LogP contribution in [-0.2, 0) is 0 Å². The monoisotopic (exact) mass is 374 g/mol. The van der Waals surface area contributed by atoms with Gasteiger partial charge < -0.3 is 0 Å². The second-order valence-electron chi connectivity index (χ2n) is 9.21. The van der Waals surface area contributed by atoms with Gasteiger partial charge >= 0.3 is 0 Å². The molecule has 0 aromatic carbocycles. The fourth-order valence-corrected chi connectivity index (χ4v) is 81.5. The van der Waals surface area contributed by atoms with Gasteiger partial charge in [-0.05, 0) is 5.16 Å². The summed E-state index contributed by atoms with van der Waals surface area (Å²) in [5.41, 5.74) is 0. The Hall–Kier alpha value is 1.94. The molecule has 2 unspecified atom stereocenters. The van der Waals surface area contributed by atoms with Crippen LogP contribution in [0.1, 0.15) is 20.8 Å². The van der Waals surface area contributed by atoms with E-state index in [0.717, 1.165) is 0 Å². The third-order valence-corrected chi connectivity index (χ3v) is 54.3. The Bertz CT molecular complexity index is 203. The molecule has 6 heteroatoms. The fourth-order valence-electron chi connectivity index (χ4n) is 3.02. The molecular formula is C13H41P3Si3. The maximum atomic E-state index is 2.72. The Morgan fingerprint density at radius 3 is 0.737 bits per heavy atom. The van der Waals surface area contributed by atoms with Crippen molar-refractivity contribution in [2.24, 2.45) is 0 Å². The molecule has 0 saturated heterocycles. The van der Waals surface area contributed by atoms with Gasteiger partial charge in [-0.1, -0.05) is 79.7 Å². The first-order chi connectivity index (χ1) is 7.37. The zero-order valence-corrected chi connectivity index (χ0v) is 22.2. The van der Waals surface area contributed by atoms with Crippen molar-refractivity contribution in [3.63, 3.8) is 0 Å². The molecule has 2 atom stereocenters. The SMILES string of the molecule is CC(C)(C)P.C[Si](C)(C)P([Si](C)(C)C)[Si](C)(C)C.P. The summed E-state index contributed by atoms with van der Waals surface area (Å²) < 4.78 is 0. The van der Waals surface area contributed by atoms with Crippen LogP contribution in [0.5, 0.6) is 0 Å². The van der Waals surface area contributed by atoms with Crippen LogP contribution in [0.2, 0.25) is 58.9 Å². The predicted octanol–water partition coefficient (Wildman–Crippen LogP) is 6.69. The van der Waals surface area contributed by atoms with Crippen LogP contribution >= 0.6 is 25.7 Å². The van der Waals surface area contributed by atoms with E-state index in [0.29, 0.717) is 11.7 Å². The second-order valence-corrected chi connectivity index (χ2v) is 44.8. The second kappa shape index (κ2) is 8.54. The third-order valence-electron chi connectivity index (χ3n) is 2.01. The molecule has 120 valence electrons. The summed E-state index contributed by atoms with van der Waals surface area (Å²) >= 11 is 0. The van der Waals surface area contributed by atoms with Crippen LogP contribution in [0, 0.1) is 0 Å². The third kappa shape index (κ3) is 16.1. The summed E-state index contributed by atoms with van der Waals surface area (Å²) in [6.45, 7) is 30.2. The van der Waals surface area contributed by atoms with E-state index in [1.807, 2.05) is 0 Å². The van der Waals surface area contributed by atoms with Crippen LogP contribution in [0.15, 0.2) is 0 Å². The minimum absolute atomic E-state index is 0. The molecule has 0 amide bonds. The van der Waals surface area contributed by atoms with E-state index < -0.39 is 23.2 Å². The maximum absolute atomic E-state index is 2.72. The van der Waals surface area contributed by atoms with Gasteiger partial charge in [0.25, 0.3) is 0 Å². The molecule has 0 aliphatic heterocycles. The van der Waals surface area contributed by atoms with Gasteiger partial charge in [0, 0.05) is 0 Å². The Morgan fingerprint density at radius 2 is 0.737 bits per heavy atom. The van der Waals surface area contributed by atoms with Crippen molar-refractivity contribution in [2.45, 2.75) is 84.9 Å². The highest BCUT2D eigenvalue weighted by Crippen LogP contribution is 2.61. The molecule has 0 aromatic heterocycles. The molecule has 0 heterocycles. The smallest absolute Gasteiger partial charge is 0.0640 e. The van der Waals surface area contributed by atoms with E-state index in [-0.39, 0.29) is 9.90 Å². The summed E-state index contributed by atoms with van der Waals surface area (Å²) in [5.74, 6) is 0. The predicted molar refractivity (Wildman–Crippen MR) is 118 cm³/mol. The normalized spacial score (nSPS) is 13.6. The van der Waals surface area contributed by atoms with Crippen LogP contribution < -0.4 is 0 Å². The Morgan fingerprint density at radius 1 is 0.632 bits per heavy atom. The minimum atomic E-state index is -0.869. The number of rotatable bonds is 3. The standard InChI is InChI=1S/C9H27PSi3.C4H11P.H3P/c1-11(2,3)10(12(4,5)6)13(7,8)9;1-4(2,3)5;/h1-9H3;5H2,1-3H3;1H3. The van der Waals surface area contributed by atoms with Crippen LogP contribution in [-0.4, -0.2) is 28.4 Å². The van der Waals surface area contributed by atoms with E-state index in [2.05, 4.69) is 88.9 Å². The number of hydrogen-bond donors (Lipinski definition) is 0. The highest BCUT2D eigenvalue weighted by atomic mass is 31.8. The molecule has 19 heavy (non-hydrogen) atoms. The van der Waals surface area contributed by atoms with E-state index in [1.54, 1.807) is 0 Å². The van der Waals surface area contributed by atoms with Crippen molar-refractivity contribution in [2.75, 3.05) is 0 Å². The molecule has 0 aliphatic carbocycles. The Kier molecular flexibility index (Phi) is 11.6. The Labute approximate surface area is 133 Å². The minimum Gasteiger partial charge on any atom is -0.153 e. The molecule has 0 rings (SSSR count). The van der Waals surface area contributed by atoms with Crippen molar-refractivity contribution >= 4 is 48.9 Å². The van der Waals surface area contributed by atoms with Gasteiger partial charge in [-0.2, -0.15) is 9.90 Å². The lowest BCUT2D eigenvalue weighted by Crippen LogP contribution is -2.43. The largest absolute Gasteiger partial charge is 0.153 e. The van der Waals surface area contributed by atoms with Crippen molar-refractivity contribution in [3.05, 3.63) is 0 Å². The first-order valence-electron chi connectivity index (χ1n) is 6.96. The summed E-state index contributed by atoms with van der Waals surface area (Å²) in [4.78, 5) is 0. The molecular weight excluding hydrogens is 333 g/mol. The van der Waals surface area contributed by atoms with Crippen LogP contribution in [0.3, 0.4) is 0 Å². The average Bonchev–Trinajstić information content (AvgIpc) is 1.65. The zero-order chi connectivity index (χ0) is 15.6. The average molecular weight is 375 g/mol. The molecule has 0 saturated carbocycles. The lowest BCUT2D eigenvalue weighted by atomic mass is 10.3. The molecule has 0 aromatic rings. The molecule has 0 nitrogen and oxygen atoms in total. The highest BCUT2D eigenvalue weighted by Gasteiger charge is 2.44. The van der Waals surface area contributed by atoms with Crippen molar-refractivity contribution < 1.29 is 0 Å². The summed E-state index contributed by atoms with van der Waals surface area (Å²) in [5, 5.41) is 0.417. The van der Waals surface area contributed by atoms with E-state index in [1.165, 1.54) is 0 Å². The molecule has 0 spiro atoms. The first-order valence-corrected chi connectivity index (χ1v) is 21.9. The van der Waals surface area contributed by atoms with Crippen molar-refractivity contribution in [1.82, 2.24) is 0 Å². The van der Waals surface area contributed by atoms with E-state index in [4.69, 9.17) is 0 Å². The summed E-state index contributed by atoms with van der Waals surface area (Å²) in [6, 6.07) is 0. The lowest BCUT2D eigenvalue weighted by molar-refractivity contribution is 0.804. The topological polar surface area (TPSA) is 0 Å². The zero-order valence-electron chi connectivity index (χ0n) is 15.7. The molecule has 0 radical (unpaired) electrons. The van der Waals surface area contributed by atoms with Crippen LogP contribution in [0.4, 0.5) is 0 Å². The van der Waals surface area contributed by atoms with Gasteiger partial charge in [0.2, 0.25) is 0 Å². The quantitative estimate of drug-likeness (QED) is 0.381. The molecule has 0 fully saturated rings. The van der Waals surface area contributed by atoms with Gasteiger partial charge in [-0.3, -0.25) is 0 Å². The van der Waals surface area contributed by atoms with Gasteiger partial charge in [-0.25, -0.2) is 0 Å². The summed E-state index contributed by atoms with van der Waals surface area (Å²) in [7, 11) is 0.108. The number of hydrogen-bond acceptors (Lipinski definition) is 0. The summed E-state index contributed by atoms with van der Waals surface area (Å²) in [6.07, 6.45) is 0. The van der Waals surface area contributed by atoms with Crippen molar-refractivity contribution in [1.29, 1.82) is 0 Å². The highest BCUT2D eigenvalue weighted by molar-refractivity contribution is 8.37. The fraction of sp³-hybridized carbons (Fsp3) is 1.00. The van der Waals surface area contributed by atoms with Gasteiger partial charge in [0.15, 0.2) is 0 Å². The Balaban J connectivity index is -0.000000366. The van der Waals surface area contributed by atoms with E-state index >= 15 is 0 Å². The van der Waals surface area contributed by atoms with Gasteiger partial charge in [0.1, 0.15) is 0 Å². The van der Waals surface area contributed by atoms with E-state index in [9.17, 15) is 0 Å². The molecule has 0 N–H and O–H groups in total. The van der Waals surface area contributed by atoms with Crippen LogP contribution in [0.25, 0.3) is 0 Å². The van der Waals surface area contributed by atoms with Gasteiger partial charge in [-0.15, -0.1) is 15.8 Å². The first kappa shape index (κ1) is 25.9. The van der Waals surface area contributed by atoms with Crippen molar-refractivity contribution in [3.8, 4) is 0 Å². The van der Waals surface area contributed by atoms with Gasteiger partial charge in [0.05, 0.1) is 23.2 Å². The molecule has 0 aliphatic rings. The molecule has 0 bridgehead atoms. The lowest BCUT2D eigenvalue weighted by Gasteiger charge is -2.47. The maximum Gasteiger partial charge on any atom is 0.0640 e.